The van der Waals surface area contributed by atoms with Crippen molar-refractivity contribution in [3.8, 4) is 0 Å². The third kappa shape index (κ3) is 12.4. The number of ether oxygens (including phenoxy) is 5. The van der Waals surface area contributed by atoms with Crippen LogP contribution in [0.5, 0.6) is 0 Å². The van der Waals surface area contributed by atoms with Crippen LogP contribution in [0.3, 0.4) is 0 Å². The number of esters is 1. The summed E-state index contributed by atoms with van der Waals surface area (Å²) >= 11 is 0. The number of carbonyl (C=O) groups excluding carboxylic acids is 4. The van der Waals surface area contributed by atoms with Crippen molar-refractivity contribution >= 4 is 42.5 Å². The highest BCUT2D eigenvalue weighted by Crippen LogP contribution is 2.44. The summed E-state index contributed by atoms with van der Waals surface area (Å²) in [5.74, 6) is -2.57. The monoisotopic (exact) mass is 752 g/mol. The molecule has 2 heterocycles. The smallest absolute Gasteiger partial charge is 0.417 e. The summed E-state index contributed by atoms with van der Waals surface area (Å²) in [4.78, 5) is 55.2. The van der Waals surface area contributed by atoms with E-state index in [9.17, 15) is 27.6 Å². The molecular formula is C33H60N2O13SSi. The summed E-state index contributed by atoms with van der Waals surface area (Å²) in [6, 6.07) is -2.23. The van der Waals surface area contributed by atoms with Crippen molar-refractivity contribution in [1.82, 2.24) is 9.80 Å². The quantitative estimate of drug-likeness (QED) is 0.120. The first-order valence-corrected chi connectivity index (χ1v) is 21.5. The van der Waals surface area contributed by atoms with Crippen molar-refractivity contribution in [2.75, 3.05) is 19.4 Å². The molecule has 2 rings (SSSR count). The van der Waals surface area contributed by atoms with E-state index in [-0.39, 0.29) is 24.6 Å². The lowest BCUT2D eigenvalue weighted by molar-refractivity contribution is -0.179. The third-order valence-corrected chi connectivity index (χ3v) is 13.6. The van der Waals surface area contributed by atoms with E-state index in [4.69, 9.17) is 32.3 Å². The maximum atomic E-state index is 14.2. The number of hydrogen-bond acceptors (Lipinski definition) is 13. The summed E-state index contributed by atoms with van der Waals surface area (Å²) in [6.45, 7) is 25.2. The van der Waals surface area contributed by atoms with Gasteiger partial charge in [-0.25, -0.2) is 14.5 Å². The van der Waals surface area contributed by atoms with E-state index in [0.717, 1.165) is 11.2 Å². The summed E-state index contributed by atoms with van der Waals surface area (Å²) in [7, 11) is -6.45. The molecule has 2 aliphatic heterocycles. The van der Waals surface area contributed by atoms with Gasteiger partial charge in [0.05, 0.1) is 25.4 Å². The van der Waals surface area contributed by atoms with E-state index in [0.29, 0.717) is 0 Å². The first-order chi connectivity index (χ1) is 22.2. The summed E-state index contributed by atoms with van der Waals surface area (Å²) in [5, 5.41) is -0.214. The molecule has 0 saturated carbocycles. The minimum Gasteiger partial charge on any atom is -0.460 e. The van der Waals surface area contributed by atoms with Crippen LogP contribution in [0.1, 0.15) is 96.4 Å². The van der Waals surface area contributed by atoms with Crippen LogP contribution in [-0.4, -0.2) is 123 Å². The van der Waals surface area contributed by atoms with E-state index in [2.05, 4.69) is 0 Å². The van der Waals surface area contributed by atoms with Gasteiger partial charge < -0.3 is 28.1 Å². The number of amides is 3. The molecule has 290 valence electrons. The summed E-state index contributed by atoms with van der Waals surface area (Å²) in [6.07, 6.45) is -5.48. The third-order valence-electron chi connectivity index (χ3n) is 8.47. The van der Waals surface area contributed by atoms with Gasteiger partial charge in [-0.3, -0.25) is 18.7 Å². The average molecular weight is 753 g/mol. The topological polar surface area (TPSA) is 174 Å². The standard InChI is InChI=1S/C33H60N2O13SSi/c1-20(36)34(28(38)46-30(3,4)5)18-23-26-27(45-33(12,13)44-26)25(35(23)29(39)47-31(6,7)8)24(43-21(2)37)17-22(48-49(14,40)41)19-42-50(15,16)32(9,10)11/h22-27H,17-19H2,1-16H3/t22-,23-,24-,25-,26-,27+/m1/s1. The van der Waals surface area contributed by atoms with Crippen LogP contribution < -0.4 is 0 Å². The van der Waals surface area contributed by atoms with E-state index < -0.39 is 96.0 Å². The minimum absolute atomic E-state index is 0.155. The number of fused-ring (bicyclic) bond motifs is 1. The number of nitrogens with zero attached hydrogens (tertiary/aromatic N) is 2. The molecule has 0 radical (unpaired) electrons. The number of hydrogen-bond donors (Lipinski definition) is 0. The summed E-state index contributed by atoms with van der Waals surface area (Å²) < 4.78 is 66.7. The fourth-order valence-electron chi connectivity index (χ4n) is 5.54. The Morgan fingerprint density at radius 1 is 0.900 bits per heavy atom. The van der Waals surface area contributed by atoms with E-state index in [1.54, 1.807) is 55.4 Å². The van der Waals surface area contributed by atoms with Crippen molar-refractivity contribution < 1.29 is 59.9 Å². The molecule has 2 aliphatic rings. The predicted octanol–water partition coefficient (Wildman–Crippen LogP) is 4.97. The Kier molecular flexibility index (Phi) is 13.5. The Morgan fingerprint density at radius 3 is 1.86 bits per heavy atom. The highest BCUT2D eigenvalue weighted by molar-refractivity contribution is 7.86. The summed E-state index contributed by atoms with van der Waals surface area (Å²) in [5.41, 5.74) is -1.93. The van der Waals surface area contributed by atoms with Crippen molar-refractivity contribution in [1.29, 1.82) is 0 Å². The largest absolute Gasteiger partial charge is 0.460 e. The second kappa shape index (κ2) is 15.3. The highest BCUT2D eigenvalue weighted by Gasteiger charge is 2.63. The fourth-order valence-corrected chi connectivity index (χ4v) is 7.20. The Morgan fingerprint density at radius 2 is 1.42 bits per heavy atom. The molecule has 17 heteroatoms. The molecule has 2 saturated heterocycles. The molecule has 3 amide bonds. The van der Waals surface area contributed by atoms with Crippen LogP contribution in [0.15, 0.2) is 0 Å². The Balaban J connectivity index is 2.75. The number of carbonyl (C=O) groups is 4. The van der Waals surface area contributed by atoms with Crippen LogP contribution in [-0.2, 0) is 52.0 Å². The number of rotatable bonds is 11. The first kappa shape index (κ1) is 43.8. The molecule has 0 aromatic rings. The number of likely N-dealkylation sites (tertiary alicyclic amines) is 1. The second-order valence-corrected chi connectivity index (χ2v) is 23.4. The lowest BCUT2D eigenvalue weighted by atomic mass is 9.98. The number of imide groups is 1. The highest BCUT2D eigenvalue weighted by atomic mass is 32.2. The fraction of sp³-hybridized carbons (Fsp3) is 0.879. The van der Waals surface area contributed by atoms with Crippen molar-refractivity contribution in [3.63, 3.8) is 0 Å². The Bertz CT molecular complexity index is 1360. The van der Waals surface area contributed by atoms with Gasteiger partial charge in [0.2, 0.25) is 5.91 Å². The van der Waals surface area contributed by atoms with Gasteiger partial charge in [0, 0.05) is 20.3 Å². The molecule has 0 bridgehead atoms. The van der Waals surface area contributed by atoms with Crippen LogP contribution in [0, 0.1) is 0 Å². The van der Waals surface area contributed by atoms with Gasteiger partial charge in [-0.05, 0) is 73.5 Å². The Labute approximate surface area is 299 Å². The molecule has 0 aromatic carbocycles. The van der Waals surface area contributed by atoms with Gasteiger partial charge in [0.25, 0.3) is 10.1 Å². The van der Waals surface area contributed by atoms with Crippen LogP contribution >= 0.6 is 0 Å². The van der Waals surface area contributed by atoms with Gasteiger partial charge >= 0.3 is 18.2 Å². The molecule has 15 nitrogen and oxygen atoms in total. The normalized spacial score (nSPS) is 23.9. The maximum Gasteiger partial charge on any atom is 0.417 e. The molecule has 0 aliphatic carbocycles. The van der Waals surface area contributed by atoms with Gasteiger partial charge in [0.15, 0.2) is 14.1 Å². The van der Waals surface area contributed by atoms with Crippen LogP contribution in [0.25, 0.3) is 0 Å². The van der Waals surface area contributed by atoms with Crippen LogP contribution in [0.2, 0.25) is 18.1 Å². The lowest BCUT2D eigenvalue weighted by Gasteiger charge is -2.40. The molecule has 6 atom stereocenters. The zero-order valence-corrected chi connectivity index (χ0v) is 34.5. The minimum atomic E-state index is -4.04. The molecule has 0 unspecified atom stereocenters. The van der Waals surface area contributed by atoms with E-state index >= 15 is 0 Å². The SMILES string of the molecule is CC(=O)O[C@H](C[C@H](CO[Si](C)(C)C(C)(C)C)OS(C)(=O)=O)[C@@H]1[C@@H]2OC(C)(C)O[C@@H]2[C@@H](CN(C(C)=O)C(=O)OC(C)(C)C)N1C(=O)OC(C)(C)C. The second-order valence-electron chi connectivity index (χ2n) is 17.0. The predicted molar refractivity (Wildman–Crippen MR) is 186 cm³/mol. The van der Waals surface area contributed by atoms with Gasteiger partial charge in [-0.2, -0.15) is 8.42 Å². The lowest BCUT2D eigenvalue weighted by Crippen LogP contribution is -2.57. The van der Waals surface area contributed by atoms with Crippen LogP contribution in [0.4, 0.5) is 9.59 Å². The van der Waals surface area contributed by atoms with Gasteiger partial charge in [0.1, 0.15) is 41.7 Å². The average Bonchev–Trinajstić information content (AvgIpc) is 3.31. The van der Waals surface area contributed by atoms with Crippen molar-refractivity contribution in [2.45, 2.75) is 168 Å². The molecule has 0 N–H and O–H groups in total. The van der Waals surface area contributed by atoms with E-state index in [1.807, 2.05) is 33.9 Å². The molecular weight excluding hydrogens is 693 g/mol. The Hall–Kier alpha value is -2.31. The van der Waals surface area contributed by atoms with Crippen molar-refractivity contribution in [2.24, 2.45) is 0 Å². The zero-order chi connectivity index (χ0) is 39.0. The molecule has 2 fully saturated rings. The van der Waals surface area contributed by atoms with Crippen molar-refractivity contribution in [3.05, 3.63) is 0 Å². The van der Waals surface area contributed by atoms with E-state index in [1.165, 1.54) is 18.7 Å². The maximum absolute atomic E-state index is 14.2. The molecule has 0 aromatic heterocycles. The zero-order valence-electron chi connectivity index (χ0n) is 32.7. The first-order valence-electron chi connectivity index (χ1n) is 16.8. The van der Waals surface area contributed by atoms with Gasteiger partial charge in [-0.15, -0.1) is 0 Å². The van der Waals surface area contributed by atoms with Gasteiger partial charge in [-0.1, -0.05) is 20.8 Å². The molecule has 0 spiro atoms. The molecule has 50 heavy (non-hydrogen) atoms.